The second-order valence-corrected chi connectivity index (χ2v) is 10.3. The predicted octanol–water partition coefficient (Wildman–Crippen LogP) is 2.00. The molecule has 9 heteroatoms. The van der Waals surface area contributed by atoms with Crippen molar-refractivity contribution in [3.63, 3.8) is 0 Å². The second-order valence-electron chi connectivity index (χ2n) is 8.57. The van der Waals surface area contributed by atoms with Crippen molar-refractivity contribution in [1.82, 2.24) is 4.72 Å². The third kappa shape index (κ3) is 5.14. The molecule has 1 aliphatic heterocycles. The number of esters is 1. The predicted molar refractivity (Wildman–Crippen MR) is 108 cm³/mol. The zero-order valence-corrected chi connectivity index (χ0v) is 18.5. The summed E-state index contributed by atoms with van der Waals surface area (Å²) in [5.41, 5.74) is -0.859. The Morgan fingerprint density at radius 3 is 2.07 bits per heavy atom. The van der Waals surface area contributed by atoms with E-state index in [-0.39, 0.29) is 4.90 Å². The molecule has 0 bridgehead atoms. The Kier molecular flexibility index (Phi) is 6.35. The minimum Gasteiger partial charge on any atom is -0.459 e. The molecule has 1 heterocycles. The Bertz CT molecular complexity index is 801. The fourth-order valence-electron chi connectivity index (χ4n) is 2.44. The van der Waals surface area contributed by atoms with E-state index in [0.29, 0.717) is 6.42 Å². The van der Waals surface area contributed by atoms with E-state index in [1.165, 1.54) is 12.1 Å². The van der Waals surface area contributed by atoms with Gasteiger partial charge in [0.15, 0.2) is 0 Å². The number of hydrogen-bond donors (Lipinski definition) is 1. The van der Waals surface area contributed by atoms with Crippen LogP contribution in [-0.2, 0) is 28.9 Å². The molecular weight excluding hydrogens is 381 g/mol. The van der Waals surface area contributed by atoms with Crippen LogP contribution in [-0.4, -0.2) is 44.9 Å². The quantitative estimate of drug-likeness (QED) is 0.545. The molecule has 2 rings (SSSR count). The van der Waals surface area contributed by atoms with Crippen molar-refractivity contribution in [3.05, 3.63) is 24.3 Å². The first-order valence-electron chi connectivity index (χ1n) is 9.36. The van der Waals surface area contributed by atoms with Crippen molar-refractivity contribution in [2.75, 3.05) is 6.54 Å². The van der Waals surface area contributed by atoms with Gasteiger partial charge in [-0.25, -0.2) is 8.42 Å². The average molecular weight is 411 g/mol. The standard InChI is InChI=1S/C19H30BNO6S/c1-8-17(2,3)25-16(22)13-21-28(23,24)15-11-9-14(10-12-15)20-26-18(4,5)19(6,7)27-20/h9-12,21H,8,13H2,1-7H3. The van der Waals surface area contributed by atoms with Crippen LogP contribution in [0.5, 0.6) is 0 Å². The van der Waals surface area contributed by atoms with E-state index in [0.717, 1.165) is 5.46 Å². The van der Waals surface area contributed by atoms with Crippen molar-refractivity contribution in [3.8, 4) is 0 Å². The number of sulfonamides is 1. The molecule has 1 aromatic rings. The summed E-state index contributed by atoms with van der Waals surface area (Å²) in [5, 5.41) is 0. The van der Waals surface area contributed by atoms with Crippen LogP contribution in [0.2, 0.25) is 0 Å². The fraction of sp³-hybridized carbons (Fsp3) is 0.632. The molecule has 0 aliphatic carbocycles. The number of ether oxygens (including phenoxy) is 1. The maximum absolute atomic E-state index is 12.4. The lowest BCUT2D eigenvalue weighted by atomic mass is 9.79. The highest BCUT2D eigenvalue weighted by atomic mass is 32.2. The Morgan fingerprint density at radius 2 is 1.61 bits per heavy atom. The molecule has 0 atom stereocenters. The van der Waals surface area contributed by atoms with E-state index in [2.05, 4.69) is 4.72 Å². The molecule has 0 spiro atoms. The van der Waals surface area contributed by atoms with Gasteiger partial charge in [0.1, 0.15) is 12.1 Å². The first-order valence-corrected chi connectivity index (χ1v) is 10.8. The van der Waals surface area contributed by atoms with Gasteiger partial charge in [-0.15, -0.1) is 0 Å². The van der Waals surface area contributed by atoms with E-state index in [4.69, 9.17) is 14.0 Å². The van der Waals surface area contributed by atoms with Crippen LogP contribution >= 0.6 is 0 Å². The molecule has 0 amide bonds. The SMILES string of the molecule is CCC(C)(C)OC(=O)CNS(=O)(=O)c1ccc(B2OC(C)(C)C(C)(C)O2)cc1. The largest absolute Gasteiger partial charge is 0.494 e. The average Bonchev–Trinajstić information content (AvgIpc) is 2.81. The van der Waals surface area contributed by atoms with Crippen LogP contribution in [0.1, 0.15) is 54.9 Å². The van der Waals surface area contributed by atoms with Crippen LogP contribution < -0.4 is 10.2 Å². The van der Waals surface area contributed by atoms with Gasteiger partial charge in [-0.1, -0.05) is 19.1 Å². The lowest BCUT2D eigenvalue weighted by Crippen LogP contribution is -2.41. The van der Waals surface area contributed by atoms with Gasteiger partial charge in [0, 0.05) is 0 Å². The van der Waals surface area contributed by atoms with Gasteiger partial charge in [-0.05, 0) is 65.6 Å². The molecule has 1 aliphatic rings. The van der Waals surface area contributed by atoms with E-state index >= 15 is 0 Å². The summed E-state index contributed by atoms with van der Waals surface area (Å²) in [6.45, 7) is 12.8. The maximum atomic E-state index is 12.4. The lowest BCUT2D eigenvalue weighted by Gasteiger charge is -2.32. The van der Waals surface area contributed by atoms with Crippen LogP contribution in [0.4, 0.5) is 0 Å². The highest BCUT2D eigenvalue weighted by molar-refractivity contribution is 7.89. The summed E-state index contributed by atoms with van der Waals surface area (Å²) < 4.78 is 44.3. The number of hydrogen-bond acceptors (Lipinski definition) is 6. The van der Waals surface area contributed by atoms with Gasteiger partial charge < -0.3 is 14.0 Å². The van der Waals surface area contributed by atoms with E-state index in [1.807, 2.05) is 34.6 Å². The van der Waals surface area contributed by atoms with Crippen LogP contribution in [0, 0.1) is 0 Å². The molecule has 1 saturated heterocycles. The highest BCUT2D eigenvalue weighted by Gasteiger charge is 2.51. The van der Waals surface area contributed by atoms with Crippen molar-refractivity contribution >= 4 is 28.6 Å². The smallest absolute Gasteiger partial charge is 0.459 e. The highest BCUT2D eigenvalue weighted by Crippen LogP contribution is 2.36. The van der Waals surface area contributed by atoms with Gasteiger partial charge in [0.25, 0.3) is 0 Å². The van der Waals surface area contributed by atoms with E-state index in [1.54, 1.807) is 26.0 Å². The Labute approximate surface area is 168 Å². The summed E-state index contributed by atoms with van der Waals surface area (Å²) in [5.74, 6) is -0.621. The third-order valence-electron chi connectivity index (χ3n) is 5.36. The third-order valence-corrected chi connectivity index (χ3v) is 6.78. The minimum absolute atomic E-state index is 0.0512. The second kappa shape index (κ2) is 7.78. The molecule has 156 valence electrons. The Balaban J connectivity index is 2.03. The Hall–Kier alpha value is -1.42. The van der Waals surface area contributed by atoms with Gasteiger partial charge in [-0.2, -0.15) is 4.72 Å². The zero-order chi connectivity index (χ0) is 21.4. The molecule has 0 aromatic heterocycles. The molecule has 0 unspecified atom stereocenters. The van der Waals surface area contributed by atoms with Crippen molar-refractivity contribution in [2.24, 2.45) is 0 Å². The number of benzene rings is 1. The molecule has 1 aromatic carbocycles. The summed E-state index contributed by atoms with van der Waals surface area (Å²) in [7, 11) is -4.40. The minimum atomic E-state index is -3.84. The van der Waals surface area contributed by atoms with Gasteiger partial charge >= 0.3 is 13.1 Å². The lowest BCUT2D eigenvalue weighted by molar-refractivity contribution is -0.155. The topological polar surface area (TPSA) is 90.9 Å². The monoisotopic (exact) mass is 411 g/mol. The van der Waals surface area contributed by atoms with E-state index < -0.39 is 46.5 Å². The number of carbonyl (C=O) groups is 1. The molecule has 0 radical (unpaired) electrons. The summed E-state index contributed by atoms with van der Waals surface area (Å²) in [4.78, 5) is 11.9. The first-order chi connectivity index (χ1) is 12.7. The molecule has 0 saturated carbocycles. The number of nitrogens with one attached hydrogen (secondary N) is 1. The van der Waals surface area contributed by atoms with Gasteiger partial charge in [-0.3, -0.25) is 4.79 Å². The van der Waals surface area contributed by atoms with Gasteiger partial charge in [0.05, 0.1) is 16.1 Å². The van der Waals surface area contributed by atoms with Crippen LogP contribution in [0.3, 0.4) is 0 Å². The van der Waals surface area contributed by atoms with Crippen molar-refractivity contribution in [1.29, 1.82) is 0 Å². The van der Waals surface area contributed by atoms with Crippen LogP contribution in [0.15, 0.2) is 29.2 Å². The fourth-order valence-corrected chi connectivity index (χ4v) is 3.41. The van der Waals surface area contributed by atoms with Gasteiger partial charge in [0.2, 0.25) is 10.0 Å². The zero-order valence-electron chi connectivity index (χ0n) is 17.7. The summed E-state index contributed by atoms with van der Waals surface area (Å²) in [6, 6.07) is 6.22. The Morgan fingerprint density at radius 1 is 1.11 bits per heavy atom. The molecular formula is C19H30BNO6S. The molecule has 7 nitrogen and oxygen atoms in total. The summed E-state index contributed by atoms with van der Waals surface area (Å²) >= 11 is 0. The van der Waals surface area contributed by atoms with E-state index in [9.17, 15) is 13.2 Å². The molecule has 1 N–H and O–H groups in total. The molecule has 1 fully saturated rings. The maximum Gasteiger partial charge on any atom is 0.494 e. The van der Waals surface area contributed by atoms with Crippen molar-refractivity contribution in [2.45, 2.75) is 76.6 Å². The van der Waals surface area contributed by atoms with Crippen molar-refractivity contribution < 1.29 is 27.3 Å². The number of rotatable bonds is 7. The first kappa shape index (κ1) is 22.9. The molecule has 28 heavy (non-hydrogen) atoms. The van der Waals surface area contributed by atoms with Crippen LogP contribution in [0.25, 0.3) is 0 Å². The number of carbonyl (C=O) groups excluding carboxylic acids is 1. The summed E-state index contributed by atoms with van der Waals surface area (Å²) in [6.07, 6.45) is 0.631. The normalized spacial score (nSPS) is 18.9.